The summed E-state index contributed by atoms with van der Waals surface area (Å²) < 4.78 is 13.8. The second-order valence-corrected chi connectivity index (χ2v) is 5.56. The Kier molecular flexibility index (Phi) is 4.29. The molecule has 1 amide bonds. The van der Waals surface area contributed by atoms with E-state index in [1.807, 2.05) is 24.3 Å². The van der Waals surface area contributed by atoms with Crippen molar-refractivity contribution in [1.29, 1.82) is 0 Å². The highest BCUT2D eigenvalue weighted by Crippen LogP contribution is 2.22. The van der Waals surface area contributed by atoms with Crippen LogP contribution < -0.4 is 5.32 Å². The number of amidine groups is 1. The number of nitrogens with zero attached hydrogens (tertiary/aromatic N) is 2. The first kappa shape index (κ1) is 14.5. The van der Waals surface area contributed by atoms with Gasteiger partial charge in [0.1, 0.15) is 5.82 Å². The van der Waals surface area contributed by atoms with Crippen molar-refractivity contribution in [3.05, 3.63) is 59.9 Å². The number of amides is 1. The van der Waals surface area contributed by atoms with Crippen molar-refractivity contribution in [2.75, 3.05) is 5.75 Å². The normalized spacial score (nSPS) is 16.4. The number of hydrogen-bond acceptors (Lipinski definition) is 4. The predicted molar refractivity (Wildman–Crippen MR) is 87.5 cm³/mol. The summed E-state index contributed by atoms with van der Waals surface area (Å²) in [5, 5.41) is 11.0. The van der Waals surface area contributed by atoms with Crippen molar-refractivity contribution in [3.63, 3.8) is 0 Å². The lowest BCUT2D eigenvalue weighted by atomic mass is 10.0. The van der Waals surface area contributed by atoms with E-state index in [9.17, 15) is 9.18 Å². The molecule has 0 aromatic heterocycles. The van der Waals surface area contributed by atoms with Crippen LogP contribution in [0.15, 0.2) is 58.7 Å². The summed E-state index contributed by atoms with van der Waals surface area (Å²) in [6.45, 7) is 0. The van der Waals surface area contributed by atoms with Gasteiger partial charge < -0.3 is 5.32 Å². The third-order valence-corrected chi connectivity index (χ3v) is 3.88. The first-order valence-electron chi connectivity index (χ1n) is 6.61. The SMILES string of the molecule is O=C1CSC(=NN=Cc2cccc(-c3ccccc3F)c2)N1. The van der Waals surface area contributed by atoms with Crippen molar-refractivity contribution in [2.24, 2.45) is 10.2 Å². The van der Waals surface area contributed by atoms with E-state index in [1.165, 1.54) is 17.8 Å². The molecule has 1 N–H and O–H groups in total. The second kappa shape index (κ2) is 6.53. The molecular formula is C16H12FN3OS. The van der Waals surface area contributed by atoms with Crippen LogP contribution in [-0.2, 0) is 4.79 Å². The highest BCUT2D eigenvalue weighted by Gasteiger charge is 2.15. The molecule has 1 heterocycles. The highest BCUT2D eigenvalue weighted by molar-refractivity contribution is 8.15. The van der Waals surface area contributed by atoms with Gasteiger partial charge in [-0.2, -0.15) is 5.10 Å². The molecule has 0 bridgehead atoms. The zero-order valence-corrected chi connectivity index (χ0v) is 12.3. The van der Waals surface area contributed by atoms with Crippen LogP contribution in [0.4, 0.5) is 4.39 Å². The molecule has 0 saturated carbocycles. The minimum Gasteiger partial charge on any atom is -0.303 e. The quantitative estimate of drug-likeness (QED) is 0.699. The fraction of sp³-hybridized carbons (Fsp3) is 0.0625. The molecule has 1 fully saturated rings. The van der Waals surface area contributed by atoms with E-state index in [1.54, 1.807) is 24.4 Å². The molecule has 0 aliphatic carbocycles. The van der Waals surface area contributed by atoms with Crippen molar-refractivity contribution < 1.29 is 9.18 Å². The van der Waals surface area contributed by atoms with Crippen molar-refractivity contribution in [3.8, 4) is 11.1 Å². The molecule has 0 spiro atoms. The lowest BCUT2D eigenvalue weighted by molar-refractivity contribution is -0.116. The number of carbonyl (C=O) groups is 1. The Bertz CT molecular complexity index is 773. The van der Waals surface area contributed by atoms with Gasteiger partial charge in [-0.15, -0.1) is 5.10 Å². The summed E-state index contributed by atoms with van der Waals surface area (Å²) in [6, 6.07) is 14.0. The molecule has 2 aromatic carbocycles. The maximum Gasteiger partial charge on any atom is 0.236 e. The van der Waals surface area contributed by atoms with Crippen LogP contribution in [-0.4, -0.2) is 23.0 Å². The zero-order chi connectivity index (χ0) is 15.4. The van der Waals surface area contributed by atoms with Crippen LogP contribution in [0.3, 0.4) is 0 Å². The average molecular weight is 313 g/mol. The van der Waals surface area contributed by atoms with Crippen LogP contribution in [0.1, 0.15) is 5.56 Å². The number of rotatable bonds is 3. The Hall–Kier alpha value is -2.47. The Morgan fingerprint density at radius 2 is 2.05 bits per heavy atom. The minimum absolute atomic E-state index is 0.0690. The van der Waals surface area contributed by atoms with Gasteiger partial charge in [-0.1, -0.05) is 48.2 Å². The lowest BCUT2D eigenvalue weighted by Gasteiger charge is -2.03. The van der Waals surface area contributed by atoms with Gasteiger partial charge in [0, 0.05) is 5.56 Å². The van der Waals surface area contributed by atoms with Gasteiger partial charge in [-0.05, 0) is 23.3 Å². The monoisotopic (exact) mass is 313 g/mol. The third kappa shape index (κ3) is 3.40. The molecule has 22 heavy (non-hydrogen) atoms. The summed E-state index contributed by atoms with van der Waals surface area (Å²) in [5.74, 6) is 0.0410. The molecule has 1 saturated heterocycles. The molecule has 0 radical (unpaired) electrons. The zero-order valence-electron chi connectivity index (χ0n) is 11.5. The van der Waals surface area contributed by atoms with Crippen LogP contribution >= 0.6 is 11.8 Å². The van der Waals surface area contributed by atoms with Gasteiger partial charge in [0.05, 0.1) is 12.0 Å². The topological polar surface area (TPSA) is 53.8 Å². The largest absolute Gasteiger partial charge is 0.303 e. The van der Waals surface area contributed by atoms with Crippen LogP contribution in [0.2, 0.25) is 0 Å². The molecule has 110 valence electrons. The fourth-order valence-electron chi connectivity index (χ4n) is 2.01. The minimum atomic E-state index is -0.262. The van der Waals surface area contributed by atoms with Gasteiger partial charge in [-0.25, -0.2) is 4.39 Å². The van der Waals surface area contributed by atoms with E-state index in [4.69, 9.17) is 0 Å². The lowest BCUT2D eigenvalue weighted by Crippen LogP contribution is -2.19. The highest BCUT2D eigenvalue weighted by atomic mass is 32.2. The van der Waals surface area contributed by atoms with Crippen molar-refractivity contribution in [2.45, 2.75) is 0 Å². The number of benzene rings is 2. The first-order chi connectivity index (χ1) is 10.7. The molecule has 4 nitrogen and oxygen atoms in total. The molecule has 1 aliphatic rings. The van der Waals surface area contributed by atoms with E-state index in [0.717, 1.165) is 11.1 Å². The molecule has 6 heteroatoms. The summed E-state index contributed by atoms with van der Waals surface area (Å²) in [7, 11) is 0. The van der Waals surface area contributed by atoms with E-state index in [2.05, 4.69) is 15.5 Å². The van der Waals surface area contributed by atoms with E-state index in [-0.39, 0.29) is 11.7 Å². The van der Waals surface area contributed by atoms with E-state index < -0.39 is 0 Å². The Morgan fingerprint density at radius 3 is 2.82 bits per heavy atom. The predicted octanol–water partition coefficient (Wildman–Crippen LogP) is 3.05. The molecule has 2 aromatic rings. The van der Waals surface area contributed by atoms with E-state index >= 15 is 0 Å². The Labute approximate surface area is 131 Å². The number of carbonyl (C=O) groups excluding carboxylic acids is 1. The van der Waals surface area contributed by atoms with Crippen LogP contribution in [0, 0.1) is 5.82 Å². The van der Waals surface area contributed by atoms with Gasteiger partial charge in [0.15, 0.2) is 5.17 Å². The van der Waals surface area contributed by atoms with Gasteiger partial charge in [-0.3, -0.25) is 4.79 Å². The standard InChI is InChI=1S/C16H12FN3OS/c17-14-7-2-1-6-13(14)12-5-3-4-11(8-12)9-18-20-16-19-15(21)10-22-16/h1-9H,10H2,(H,19,20,21). The molecule has 3 rings (SSSR count). The number of hydrogen-bond donors (Lipinski definition) is 1. The van der Waals surface area contributed by atoms with E-state index in [0.29, 0.717) is 16.5 Å². The fourth-order valence-corrected chi connectivity index (χ4v) is 2.64. The van der Waals surface area contributed by atoms with Crippen LogP contribution in [0.5, 0.6) is 0 Å². The van der Waals surface area contributed by atoms with Crippen molar-refractivity contribution >= 4 is 29.1 Å². The summed E-state index contributed by atoms with van der Waals surface area (Å²) in [4.78, 5) is 11.0. The number of nitrogens with one attached hydrogen (secondary N) is 1. The first-order valence-corrected chi connectivity index (χ1v) is 7.59. The summed E-state index contributed by atoms with van der Waals surface area (Å²) in [5.41, 5.74) is 2.13. The van der Waals surface area contributed by atoms with Gasteiger partial charge in [0.2, 0.25) is 5.91 Å². The smallest absolute Gasteiger partial charge is 0.236 e. The van der Waals surface area contributed by atoms with Gasteiger partial charge in [0.25, 0.3) is 0 Å². The molecular weight excluding hydrogens is 301 g/mol. The molecule has 0 atom stereocenters. The maximum atomic E-state index is 13.8. The Morgan fingerprint density at radius 1 is 1.18 bits per heavy atom. The summed E-state index contributed by atoms with van der Waals surface area (Å²) in [6.07, 6.45) is 1.57. The average Bonchev–Trinajstić information content (AvgIpc) is 2.94. The molecule has 1 aliphatic heterocycles. The Balaban J connectivity index is 1.80. The molecule has 0 unspecified atom stereocenters. The summed E-state index contributed by atoms with van der Waals surface area (Å²) >= 11 is 1.31. The third-order valence-electron chi connectivity index (χ3n) is 3.01. The van der Waals surface area contributed by atoms with Crippen molar-refractivity contribution in [1.82, 2.24) is 5.32 Å². The van der Waals surface area contributed by atoms with Crippen LogP contribution in [0.25, 0.3) is 11.1 Å². The number of thioether (sulfide) groups is 1. The van der Waals surface area contributed by atoms with Gasteiger partial charge >= 0.3 is 0 Å². The maximum absolute atomic E-state index is 13.8. The second-order valence-electron chi connectivity index (χ2n) is 4.59. The number of halogens is 1.